The fourth-order valence-electron chi connectivity index (χ4n) is 1.33. The van der Waals surface area contributed by atoms with E-state index in [-0.39, 0.29) is 0 Å². The molecule has 5 heteroatoms. The Kier molecular flexibility index (Phi) is 4.26. The van der Waals surface area contributed by atoms with Crippen molar-refractivity contribution < 1.29 is 0 Å². The van der Waals surface area contributed by atoms with Gasteiger partial charge in [-0.1, -0.05) is 53.2 Å². The molecular weight excluding hydrogens is 275 g/mol. The normalized spacial score (nSPS) is 10.5. The predicted octanol–water partition coefficient (Wildman–Crippen LogP) is 4.38. The van der Waals surface area contributed by atoms with Crippen molar-refractivity contribution in [3.05, 3.63) is 51.8 Å². The maximum Gasteiger partial charge on any atom is 0.189 e. The topological polar surface area (TPSA) is 25.8 Å². The Morgan fingerprint density at radius 2 is 1.94 bits per heavy atom. The van der Waals surface area contributed by atoms with Gasteiger partial charge in [0, 0.05) is 16.5 Å². The lowest BCUT2D eigenvalue weighted by molar-refractivity contribution is 0.932. The molecule has 1 heterocycles. The van der Waals surface area contributed by atoms with Gasteiger partial charge < -0.3 is 0 Å². The number of rotatable bonds is 3. The number of halogens is 2. The van der Waals surface area contributed by atoms with Gasteiger partial charge in [0.15, 0.2) is 5.16 Å². The number of thioether (sulfide) groups is 1. The summed E-state index contributed by atoms with van der Waals surface area (Å²) in [5.74, 6) is 0.736. The number of aromatic nitrogens is 2. The molecule has 0 saturated heterocycles. The zero-order valence-corrected chi connectivity index (χ0v) is 11.5. The van der Waals surface area contributed by atoms with Crippen molar-refractivity contribution in [2.45, 2.75) is 17.8 Å². The molecule has 0 fully saturated rings. The highest BCUT2D eigenvalue weighted by Gasteiger charge is 2.04. The summed E-state index contributed by atoms with van der Waals surface area (Å²) in [6, 6.07) is 9.48. The largest absolute Gasteiger partial charge is 0.228 e. The molecule has 0 spiro atoms. The number of benzene rings is 1. The molecule has 2 rings (SSSR count). The van der Waals surface area contributed by atoms with Gasteiger partial charge >= 0.3 is 0 Å². The highest BCUT2D eigenvalue weighted by atomic mass is 35.5. The summed E-state index contributed by atoms with van der Waals surface area (Å²) in [6.45, 7) is 1.90. The van der Waals surface area contributed by atoms with Crippen molar-refractivity contribution in [3.63, 3.8) is 0 Å². The summed E-state index contributed by atoms with van der Waals surface area (Å²) in [6.07, 6.45) is 0. The number of aryl methyl sites for hydroxylation is 1. The third-order valence-electron chi connectivity index (χ3n) is 2.12. The van der Waals surface area contributed by atoms with E-state index in [2.05, 4.69) is 9.97 Å². The summed E-state index contributed by atoms with van der Waals surface area (Å²) in [5.41, 5.74) is 1.94. The van der Waals surface area contributed by atoms with Crippen LogP contribution in [0.2, 0.25) is 10.2 Å². The van der Waals surface area contributed by atoms with E-state index in [0.717, 1.165) is 22.0 Å². The second-order valence-corrected chi connectivity index (χ2v) is 5.23. The van der Waals surface area contributed by atoms with E-state index < -0.39 is 0 Å². The molecule has 1 aromatic heterocycles. The van der Waals surface area contributed by atoms with Crippen LogP contribution in [0.3, 0.4) is 0 Å². The van der Waals surface area contributed by atoms with Crippen LogP contribution in [0.25, 0.3) is 0 Å². The quantitative estimate of drug-likeness (QED) is 0.475. The average Bonchev–Trinajstić information content (AvgIpc) is 2.27. The number of nitrogens with zero attached hydrogens (tertiary/aromatic N) is 2. The monoisotopic (exact) mass is 284 g/mol. The van der Waals surface area contributed by atoms with Crippen LogP contribution in [0.5, 0.6) is 0 Å². The van der Waals surface area contributed by atoms with Gasteiger partial charge in [-0.3, -0.25) is 0 Å². The molecule has 88 valence electrons. The van der Waals surface area contributed by atoms with Gasteiger partial charge in [-0.05, 0) is 24.6 Å². The summed E-state index contributed by atoms with van der Waals surface area (Å²) in [4.78, 5) is 8.46. The van der Waals surface area contributed by atoms with Crippen molar-refractivity contribution in [1.82, 2.24) is 9.97 Å². The van der Waals surface area contributed by atoms with Crippen LogP contribution in [-0.2, 0) is 5.75 Å². The van der Waals surface area contributed by atoms with Crippen molar-refractivity contribution in [3.8, 4) is 0 Å². The zero-order valence-electron chi connectivity index (χ0n) is 9.15. The van der Waals surface area contributed by atoms with Crippen LogP contribution >= 0.6 is 35.0 Å². The molecule has 0 aliphatic rings. The fraction of sp³-hybridized carbons (Fsp3) is 0.167. The summed E-state index contributed by atoms with van der Waals surface area (Å²) in [7, 11) is 0. The molecule has 0 atom stereocenters. The maximum absolute atomic E-state index is 6.07. The Balaban J connectivity index is 2.10. The van der Waals surface area contributed by atoms with E-state index in [1.807, 2.05) is 31.2 Å². The summed E-state index contributed by atoms with van der Waals surface area (Å²) in [5, 5.41) is 1.91. The predicted molar refractivity (Wildman–Crippen MR) is 72.8 cm³/mol. The van der Waals surface area contributed by atoms with E-state index in [9.17, 15) is 0 Å². The molecule has 0 amide bonds. The summed E-state index contributed by atoms with van der Waals surface area (Å²) < 4.78 is 0. The SMILES string of the molecule is Cc1cc(Cl)nc(SCc2ccccc2Cl)n1. The number of hydrogen-bond acceptors (Lipinski definition) is 3. The second-order valence-electron chi connectivity index (χ2n) is 3.49. The van der Waals surface area contributed by atoms with E-state index in [1.165, 1.54) is 11.8 Å². The van der Waals surface area contributed by atoms with Gasteiger partial charge in [-0.15, -0.1) is 0 Å². The van der Waals surface area contributed by atoms with Gasteiger partial charge in [0.05, 0.1) is 0 Å². The molecule has 0 aliphatic heterocycles. The molecule has 2 nitrogen and oxygen atoms in total. The van der Waals surface area contributed by atoms with Gasteiger partial charge in [0.1, 0.15) is 5.15 Å². The average molecular weight is 285 g/mol. The van der Waals surface area contributed by atoms with E-state index in [4.69, 9.17) is 23.2 Å². The molecule has 0 bridgehead atoms. The molecule has 17 heavy (non-hydrogen) atoms. The van der Waals surface area contributed by atoms with Crippen molar-refractivity contribution >= 4 is 35.0 Å². The minimum absolute atomic E-state index is 0.471. The lowest BCUT2D eigenvalue weighted by atomic mass is 10.2. The minimum Gasteiger partial charge on any atom is -0.228 e. The maximum atomic E-state index is 6.07. The Bertz CT molecular complexity index is 511. The standard InChI is InChI=1S/C12H10Cl2N2S/c1-8-6-11(14)16-12(15-8)17-7-9-4-2-3-5-10(9)13/h2-6H,7H2,1H3. The van der Waals surface area contributed by atoms with Crippen LogP contribution in [0, 0.1) is 6.92 Å². The third-order valence-corrected chi connectivity index (χ3v) is 3.58. The Labute approximate surface area is 114 Å². The molecular formula is C12H10Cl2N2S. The molecule has 0 saturated carbocycles. The van der Waals surface area contributed by atoms with Gasteiger partial charge in [0.25, 0.3) is 0 Å². The molecule has 0 N–H and O–H groups in total. The first-order valence-corrected chi connectivity index (χ1v) is 6.76. The Hall–Kier alpha value is -0.770. The first kappa shape index (κ1) is 12.7. The molecule has 1 aromatic carbocycles. The molecule has 2 aromatic rings. The number of hydrogen-bond donors (Lipinski definition) is 0. The van der Waals surface area contributed by atoms with Crippen LogP contribution < -0.4 is 0 Å². The van der Waals surface area contributed by atoms with Crippen molar-refractivity contribution in [1.29, 1.82) is 0 Å². The lowest BCUT2D eigenvalue weighted by Crippen LogP contribution is -1.91. The smallest absolute Gasteiger partial charge is 0.189 e. The van der Waals surface area contributed by atoms with Crippen LogP contribution in [0.1, 0.15) is 11.3 Å². The Morgan fingerprint density at radius 1 is 1.18 bits per heavy atom. The highest BCUT2D eigenvalue weighted by Crippen LogP contribution is 2.25. The third kappa shape index (κ3) is 3.60. The minimum atomic E-state index is 0.471. The second kappa shape index (κ2) is 5.71. The van der Waals surface area contributed by atoms with E-state index in [1.54, 1.807) is 6.07 Å². The summed E-state index contributed by atoms with van der Waals surface area (Å²) >= 11 is 13.5. The zero-order chi connectivity index (χ0) is 12.3. The molecule has 0 unspecified atom stereocenters. The van der Waals surface area contributed by atoms with Crippen molar-refractivity contribution in [2.24, 2.45) is 0 Å². The van der Waals surface area contributed by atoms with Gasteiger partial charge in [-0.25, -0.2) is 9.97 Å². The van der Waals surface area contributed by atoms with Crippen LogP contribution in [0.15, 0.2) is 35.5 Å². The van der Waals surface area contributed by atoms with Gasteiger partial charge in [-0.2, -0.15) is 0 Å². The first-order valence-electron chi connectivity index (χ1n) is 5.02. The highest BCUT2D eigenvalue weighted by molar-refractivity contribution is 7.98. The van der Waals surface area contributed by atoms with E-state index in [0.29, 0.717) is 10.3 Å². The molecule has 0 radical (unpaired) electrons. The molecule has 0 aliphatic carbocycles. The fourth-order valence-corrected chi connectivity index (χ4v) is 2.80. The lowest BCUT2D eigenvalue weighted by Gasteiger charge is -2.04. The Morgan fingerprint density at radius 3 is 2.65 bits per heavy atom. The van der Waals surface area contributed by atoms with Crippen LogP contribution in [-0.4, -0.2) is 9.97 Å². The first-order chi connectivity index (χ1) is 8.15. The van der Waals surface area contributed by atoms with E-state index >= 15 is 0 Å². The van der Waals surface area contributed by atoms with Gasteiger partial charge in [0.2, 0.25) is 0 Å². The van der Waals surface area contributed by atoms with Crippen molar-refractivity contribution in [2.75, 3.05) is 0 Å². The van der Waals surface area contributed by atoms with Crippen LogP contribution in [0.4, 0.5) is 0 Å².